The normalized spacial score (nSPS) is 28.9. The number of nitrogens with one attached hydrogen (secondary N) is 1. The van der Waals surface area contributed by atoms with E-state index in [9.17, 15) is 4.79 Å². The minimum Gasteiger partial charge on any atom is -0.477 e. The molecule has 0 amide bonds. The van der Waals surface area contributed by atoms with E-state index >= 15 is 0 Å². The van der Waals surface area contributed by atoms with Crippen LogP contribution >= 0.6 is 0 Å². The van der Waals surface area contributed by atoms with Crippen LogP contribution in [0.2, 0.25) is 0 Å². The molecule has 2 unspecified atom stereocenters. The second-order valence-corrected chi connectivity index (χ2v) is 3.44. The van der Waals surface area contributed by atoms with Gasteiger partial charge in [0.15, 0.2) is 0 Å². The molecule has 14 heavy (non-hydrogen) atoms. The quantitative estimate of drug-likeness (QED) is 0.575. The molecule has 2 aliphatic rings. The van der Waals surface area contributed by atoms with Crippen molar-refractivity contribution < 1.29 is 9.90 Å². The highest BCUT2D eigenvalue weighted by Gasteiger charge is 2.28. The zero-order chi connectivity index (χ0) is 10.1. The van der Waals surface area contributed by atoms with Crippen molar-refractivity contribution in [1.29, 1.82) is 0 Å². The first-order valence-corrected chi connectivity index (χ1v) is 4.51. The van der Waals surface area contributed by atoms with E-state index in [1.807, 2.05) is 18.2 Å². The maximum Gasteiger partial charge on any atom is 0.351 e. The number of aliphatic carboxylic acids is 1. The summed E-state index contributed by atoms with van der Waals surface area (Å²) in [5.74, 6) is -0.778. The zero-order valence-electron chi connectivity index (χ0n) is 7.60. The van der Waals surface area contributed by atoms with Crippen LogP contribution in [-0.2, 0) is 4.79 Å². The summed E-state index contributed by atoms with van der Waals surface area (Å²) in [6.45, 7) is 0.496. The first-order valence-electron chi connectivity index (χ1n) is 4.51. The van der Waals surface area contributed by atoms with Gasteiger partial charge in [0.05, 0.1) is 6.04 Å². The average molecular weight is 192 g/mol. The summed E-state index contributed by atoms with van der Waals surface area (Å²) >= 11 is 0. The van der Waals surface area contributed by atoms with Crippen molar-refractivity contribution in [3.05, 3.63) is 35.6 Å². The molecule has 0 radical (unpaired) electrons. The lowest BCUT2D eigenvalue weighted by Crippen LogP contribution is -2.29. The highest BCUT2D eigenvalue weighted by atomic mass is 16.4. The molecular formula is C10H12N2O2. The summed E-state index contributed by atoms with van der Waals surface area (Å²) in [5.41, 5.74) is 6.83. The molecule has 4 heteroatoms. The topological polar surface area (TPSA) is 75.4 Å². The standard InChI is InChI=1S/C10H12N2O2/c11-5-6-1-2-8-7(3-6)4-9(12-8)10(13)14/h1-4,7-8,12H,5,11H2,(H,13,14). The van der Waals surface area contributed by atoms with E-state index < -0.39 is 5.97 Å². The van der Waals surface area contributed by atoms with Crippen LogP contribution in [-0.4, -0.2) is 23.7 Å². The van der Waals surface area contributed by atoms with Crippen molar-refractivity contribution in [2.24, 2.45) is 11.7 Å². The van der Waals surface area contributed by atoms with Crippen LogP contribution in [0.25, 0.3) is 0 Å². The van der Waals surface area contributed by atoms with Crippen LogP contribution in [0.5, 0.6) is 0 Å². The molecule has 2 atom stereocenters. The van der Waals surface area contributed by atoms with E-state index in [1.54, 1.807) is 6.08 Å². The summed E-state index contributed by atoms with van der Waals surface area (Å²) in [6, 6.07) is 0.0800. The summed E-state index contributed by atoms with van der Waals surface area (Å²) in [5, 5.41) is 11.7. The Morgan fingerprint density at radius 3 is 3.00 bits per heavy atom. The second-order valence-electron chi connectivity index (χ2n) is 3.44. The molecule has 1 aliphatic carbocycles. The maximum absolute atomic E-state index is 10.7. The summed E-state index contributed by atoms with van der Waals surface area (Å²) in [4.78, 5) is 10.7. The molecule has 4 N–H and O–H groups in total. The Bertz CT molecular complexity index is 355. The Hall–Kier alpha value is -1.55. The molecule has 74 valence electrons. The Balaban J connectivity index is 2.21. The molecule has 4 nitrogen and oxygen atoms in total. The molecule has 0 fully saturated rings. The van der Waals surface area contributed by atoms with E-state index in [0.29, 0.717) is 6.54 Å². The fourth-order valence-electron chi connectivity index (χ4n) is 1.75. The van der Waals surface area contributed by atoms with Crippen molar-refractivity contribution in [2.75, 3.05) is 6.54 Å². The molecule has 0 saturated carbocycles. The predicted molar refractivity (Wildman–Crippen MR) is 52.4 cm³/mol. The van der Waals surface area contributed by atoms with Crippen LogP contribution in [0.1, 0.15) is 0 Å². The Labute approximate surface area is 81.8 Å². The van der Waals surface area contributed by atoms with Gasteiger partial charge in [0.1, 0.15) is 5.70 Å². The van der Waals surface area contributed by atoms with Crippen molar-refractivity contribution in [3.8, 4) is 0 Å². The first kappa shape index (κ1) is 9.02. The Morgan fingerprint density at radius 1 is 1.57 bits per heavy atom. The van der Waals surface area contributed by atoms with Crippen LogP contribution in [0.4, 0.5) is 0 Å². The van der Waals surface area contributed by atoms with Gasteiger partial charge in [-0.1, -0.05) is 18.2 Å². The lowest BCUT2D eigenvalue weighted by molar-refractivity contribution is -0.133. The third kappa shape index (κ3) is 1.44. The Morgan fingerprint density at radius 2 is 2.36 bits per heavy atom. The van der Waals surface area contributed by atoms with Crippen molar-refractivity contribution >= 4 is 5.97 Å². The number of carbonyl (C=O) groups is 1. The van der Waals surface area contributed by atoms with Crippen LogP contribution in [0.15, 0.2) is 35.6 Å². The van der Waals surface area contributed by atoms with Gasteiger partial charge in [-0.15, -0.1) is 0 Å². The maximum atomic E-state index is 10.7. The highest BCUT2D eigenvalue weighted by Crippen LogP contribution is 2.24. The van der Waals surface area contributed by atoms with Gasteiger partial charge < -0.3 is 16.2 Å². The second kappa shape index (κ2) is 3.31. The number of carboxylic acids is 1. The lowest BCUT2D eigenvalue weighted by Gasteiger charge is -2.18. The van der Waals surface area contributed by atoms with E-state index in [0.717, 1.165) is 5.57 Å². The molecule has 1 heterocycles. The summed E-state index contributed by atoms with van der Waals surface area (Å²) < 4.78 is 0. The molecule has 0 bridgehead atoms. The van der Waals surface area contributed by atoms with Gasteiger partial charge in [0, 0.05) is 12.5 Å². The van der Waals surface area contributed by atoms with Gasteiger partial charge >= 0.3 is 5.97 Å². The minimum atomic E-state index is -0.907. The molecular weight excluding hydrogens is 180 g/mol. The minimum absolute atomic E-state index is 0.0800. The van der Waals surface area contributed by atoms with Crippen LogP contribution < -0.4 is 11.1 Å². The van der Waals surface area contributed by atoms with E-state index in [2.05, 4.69) is 5.32 Å². The fraction of sp³-hybridized carbons (Fsp3) is 0.300. The van der Waals surface area contributed by atoms with Gasteiger partial charge in [-0.3, -0.25) is 0 Å². The molecule has 0 aromatic rings. The summed E-state index contributed by atoms with van der Waals surface area (Å²) in [6.07, 6.45) is 7.63. The first-order chi connectivity index (χ1) is 6.70. The average Bonchev–Trinajstić information content (AvgIpc) is 2.59. The number of fused-ring (bicyclic) bond motifs is 1. The molecule has 0 aromatic carbocycles. The van der Waals surface area contributed by atoms with E-state index in [-0.39, 0.29) is 17.7 Å². The molecule has 0 aromatic heterocycles. The number of nitrogens with two attached hydrogens (primary N) is 1. The molecule has 2 rings (SSSR count). The van der Waals surface area contributed by atoms with Crippen molar-refractivity contribution in [3.63, 3.8) is 0 Å². The zero-order valence-corrected chi connectivity index (χ0v) is 7.60. The number of hydrogen-bond acceptors (Lipinski definition) is 3. The highest BCUT2D eigenvalue weighted by molar-refractivity contribution is 5.86. The van der Waals surface area contributed by atoms with Crippen molar-refractivity contribution in [2.45, 2.75) is 6.04 Å². The van der Waals surface area contributed by atoms with Crippen molar-refractivity contribution in [1.82, 2.24) is 5.32 Å². The number of carboxylic acid groups (broad SMARTS) is 1. The third-order valence-corrected chi connectivity index (χ3v) is 2.49. The van der Waals surface area contributed by atoms with Gasteiger partial charge in [-0.2, -0.15) is 0 Å². The van der Waals surface area contributed by atoms with Gasteiger partial charge in [0.25, 0.3) is 0 Å². The Kier molecular flexibility index (Phi) is 2.13. The third-order valence-electron chi connectivity index (χ3n) is 2.49. The SMILES string of the molecule is NCC1=CC2C=C(C(=O)O)NC2C=C1. The van der Waals surface area contributed by atoms with Gasteiger partial charge in [-0.05, 0) is 11.6 Å². The monoisotopic (exact) mass is 192 g/mol. The lowest BCUT2D eigenvalue weighted by atomic mass is 9.93. The van der Waals surface area contributed by atoms with Gasteiger partial charge in [-0.25, -0.2) is 4.79 Å². The predicted octanol–water partition coefficient (Wildman–Crippen LogP) is -0.00220. The molecule has 1 aliphatic heterocycles. The molecule has 0 spiro atoms. The van der Waals surface area contributed by atoms with E-state index in [4.69, 9.17) is 10.8 Å². The number of hydrogen-bond donors (Lipinski definition) is 3. The van der Waals surface area contributed by atoms with E-state index in [1.165, 1.54) is 0 Å². The van der Waals surface area contributed by atoms with Gasteiger partial charge in [0.2, 0.25) is 0 Å². The number of rotatable bonds is 2. The summed E-state index contributed by atoms with van der Waals surface area (Å²) in [7, 11) is 0. The molecule has 0 saturated heterocycles. The van der Waals surface area contributed by atoms with Crippen LogP contribution in [0.3, 0.4) is 0 Å². The smallest absolute Gasteiger partial charge is 0.351 e. The fourth-order valence-corrected chi connectivity index (χ4v) is 1.75. The largest absolute Gasteiger partial charge is 0.477 e. The van der Waals surface area contributed by atoms with Crippen LogP contribution in [0, 0.1) is 5.92 Å².